The molecular formula is C21H28F2N4O2. The number of alkyl halides is 2. The van der Waals surface area contributed by atoms with E-state index in [0.29, 0.717) is 42.8 Å². The smallest absolute Gasteiger partial charge is 0.303 e. The molecule has 0 spiro atoms. The van der Waals surface area contributed by atoms with Crippen LogP contribution in [0.15, 0.2) is 0 Å². The molecule has 29 heavy (non-hydrogen) atoms. The van der Waals surface area contributed by atoms with Crippen LogP contribution in [0.5, 0.6) is 0 Å². The second-order valence-corrected chi connectivity index (χ2v) is 9.61. The van der Waals surface area contributed by atoms with Crippen LogP contribution >= 0.6 is 0 Å². The van der Waals surface area contributed by atoms with Gasteiger partial charge in [-0.25, -0.2) is 4.98 Å². The average molecular weight is 406 g/mol. The third kappa shape index (κ3) is 2.89. The van der Waals surface area contributed by atoms with Crippen LogP contribution in [-0.2, 0) is 17.1 Å². The first-order valence-electron chi connectivity index (χ1n) is 10.7. The quantitative estimate of drug-likeness (QED) is 0.826. The minimum Gasteiger partial charge on any atom is -0.481 e. The van der Waals surface area contributed by atoms with E-state index in [4.69, 9.17) is 10.1 Å². The Morgan fingerprint density at radius 3 is 2.76 bits per heavy atom. The highest BCUT2D eigenvalue weighted by Gasteiger charge is 2.66. The van der Waals surface area contributed by atoms with Gasteiger partial charge >= 0.3 is 5.97 Å². The number of carbonyl (C=O) groups is 1. The van der Waals surface area contributed by atoms with Gasteiger partial charge in [-0.2, -0.15) is 13.8 Å². The fraction of sp³-hybridized carbons (Fsp3) is 0.762. The van der Waals surface area contributed by atoms with E-state index < -0.39 is 11.9 Å². The van der Waals surface area contributed by atoms with Gasteiger partial charge in [-0.3, -0.25) is 4.79 Å². The predicted octanol–water partition coefficient (Wildman–Crippen LogP) is 3.44. The van der Waals surface area contributed by atoms with Gasteiger partial charge in [0.1, 0.15) is 11.5 Å². The zero-order valence-electron chi connectivity index (χ0n) is 17.0. The zero-order valence-corrected chi connectivity index (χ0v) is 17.0. The largest absolute Gasteiger partial charge is 0.481 e. The fourth-order valence-corrected chi connectivity index (χ4v) is 5.95. The van der Waals surface area contributed by atoms with E-state index >= 15 is 0 Å². The second kappa shape index (κ2) is 6.25. The summed E-state index contributed by atoms with van der Waals surface area (Å²) in [4.78, 5) is 24.5. The summed E-state index contributed by atoms with van der Waals surface area (Å²) < 4.78 is 29.2. The topological polar surface area (TPSA) is 69.6 Å². The molecule has 4 aliphatic rings. The standard InChI is InChI=1S/C21H28F2N4O2/c1-12-5-3-4-8-27(12)19-24-17-13(6-7-21(17,22)23)18(25-19)26-10-15-14(9-16(28)29)20(15,2)11-26/h12,14-15H,3-11H2,1-2H3,(H,28,29)/t12-,14+,15+,20-/m1/s1. The van der Waals surface area contributed by atoms with Crippen LogP contribution < -0.4 is 9.80 Å². The molecular weight excluding hydrogens is 378 g/mol. The number of aromatic nitrogens is 2. The van der Waals surface area contributed by atoms with Crippen molar-refractivity contribution in [1.82, 2.24) is 9.97 Å². The van der Waals surface area contributed by atoms with Crippen molar-refractivity contribution in [2.24, 2.45) is 17.3 Å². The zero-order chi connectivity index (χ0) is 20.6. The van der Waals surface area contributed by atoms with Crippen LogP contribution in [0.3, 0.4) is 0 Å². The maximum Gasteiger partial charge on any atom is 0.303 e. The lowest BCUT2D eigenvalue weighted by atomic mass is 10.0. The number of fused-ring (bicyclic) bond motifs is 2. The van der Waals surface area contributed by atoms with E-state index in [0.717, 1.165) is 25.8 Å². The number of hydrogen-bond acceptors (Lipinski definition) is 5. The molecule has 0 unspecified atom stereocenters. The molecule has 8 heteroatoms. The Morgan fingerprint density at radius 2 is 2.10 bits per heavy atom. The van der Waals surface area contributed by atoms with Gasteiger partial charge in [-0.05, 0) is 49.9 Å². The molecule has 1 aromatic rings. The van der Waals surface area contributed by atoms with E-state index in [-0.39, 0.29) is 35.9 Å². The molecule has 1 saturated carbocycles. The molecule has 6 nitrogen and oxygen atoms in total. The van der Waals surface area contributed by atoms with Gasteiger partial charge in [0.2, 0.25) is 5.95 Å². The molecule has 0 aromatic carbocycles. The Morgan fingerprint density at radius 1 is 1.31 bits per heavy atom. The Labute approximate surface area is 169 Å². The van der Waals surface area contributed by atoms with E-state index in [1.807, 2.05) is 0 Å². The number of nitrogens with zero attached hydrogens (tertiary/aromatic N) is 4. The molecule has 2 saturated heterocycles. The van der Waals surface area contributed by atoms with E-state index in [2.05, 4.69) is 28.6 Å². The number of carboxylic acid groups (broad SMARTS) is 1. The first-order valence-corrected chi connectivity index (χ1v) is 10.7. The number of piperidine rings is 2. The summed E-state index contributed by atoms with van der Waals surface area (Å²) in [6.07, 6.45) is 3.46. The highest BCUT2D eigenvalue weighted by Crippen LogP contribution is 2.65. The van der Waals surface area contributed by atoms with Crippen molar-refractivity contribution < 1.29 is 18.7 Å². The summed E-state index contributed by atoms with van der Waals surface area (Å²) in [5.74, 6) is -2.11. The van der Waals surface area contributed by atoms with Gasteiger partial charge in [0, 0.05) is 44.1 Å². The molecule has 1 aromatic heterocycles. The number of halogens is 2. The summed E-state index contributed by atoms with van der Waals surface area (Å²) >= 11 is 0. The lowest BCUT2D eigenvalue weighted by Crippen LogP contribution is -2.39. The number of rotatable bonds is 4. The molecule has 158 valence electrons. The monoisotopic (exact) mass is 406 g/mol. The van der Waals surface area contributed by atoms with Crippen molar-refractivity contribution in [3.05, 3.63) is 11.3 Å². The molecule has 1 N–H and O–H groups in total. The van der Waals surface area contributed by atoms with E-state index in [1.165, 1.54) is 0 Å². The Balaban J connectivity index is 1.48. The SMILES string of the molecule is C[C@@H]1CCCCN1c1nc(N2C[C@H]3[C@H](CC(=O)O)[C@@]3(C)C2)c2c(n1)C(F)(F)CC2. The summed E-state index contributed by atoms with van der Waals surface area (Å²) in [6.45, 7) is 6.40. The Hall–Kier alpha value is -1.99. The minimum atomic E-state index is -2.90. The van der Waals surface area contributed by atoms with Crippen molar-refractivity contribution >= 4 is 17.7 Å². The van der Waals surface area contributed by atoms with Gasteiger partial charge in [0.25, 0.3) is 5.92 Å². The van der Waals surface area contributed by atoms with Crippen LogP contribution in [0.4, 0.5) is 20.5 Å². The lowest BCUT2D eigenvalue weighted by Gasteiger charge is -2.35. The molecule has 0 amide bonds. The predicted molar refractivity (Wildman–Crippen MR) is 104 cm³/mol. The maximum absolute atomic E-state index is 14.6. The van der Waals surface area contributed by atoms with Crippen LogP contribution in [-0.4, -0.2) is 46.7 Å². The van der Waals surface area contributed by atoms with Crippen LogP contribution in [0, 0.1) is 17.3 Å². The summed E-state index contributed by atoms with van der Waals surface area (Å²) in [7, 11) is 0. The molecule has 2 aliphatic heterocycles. The Kier molecular flexibility index (Phi) is 4.10. The number of hydrogen-bond donors (Lipinski definition) is 1. The number of anilines is 2. The maximum atomic E-state index is 14.6. The van der Waals surface area contributed by atoms with Gasteiger partial charge in [0.15, 0.2) is 0 Å². The van der Waals surface area contributed by atoms with Crippen LogP contribution in [0.25, 0.3) is 0 Å². The van der Waals surface area contributed by atoms with Gasteiger partial charge < -0.3 is 14.9 Å². The van der Waals surface area contributed by atoms with E-state index in [9.17, 15) is 13.6 Å². The highest BCUT2D eigenvalue weighted by molar-refractivity contribution is 5.68. The Bertz CT molecular complexity index is 863. The molecule has 2 aliphatic carbocycles. The van der Waals surface area contributed by atoms with Crippen molar-refractivity contribution in [2.75, 3.05) is 29.4 Å². The van der Waals surface area contributed by atoms with Gasteiger partial charge in [-0.1, -0.05) is 6.92 Å². The second-order valence-electron chi connectivity index (χ2n) is 9.61. The van der Waals surface area contributed by atoms with Crippen molar-refractivity contribution in [2.45, 2.75) is 64.3 Å². The molecule has 5 rings (SSSR count). The third-order valence-corrected chi connectivity index (χ3v) is 7.78. The molecule has 3 fully saturated rings. The van der Waals surface area contributed by atoms with Crippen molar-refractivity contribution in [3.63, 3.8) is 0 Å². The average Bonchev–Trinajstić information content (AvgIpc) is 2.94. The minimum absolute atomic E-state index is 0.0596. The lowest BCUT2D eigenvalue weighted by molar-refractivity contribution is -0.137. The molecule has 4 atom stereocenters. The van der Waals surface area contributed by atoms with Crippen molar-refractivity contribution in [1.29, 1.82) is 0 Å². The van der Waals surface area contributed by atoms with Gasteiger partial charge in [-0.15, -0.1) is 0 Å². The van der Waals surface area contributed by atoms with Crippen LogP contribution in [0.2, 0.25) is 0 Å². The summed E-state index contributed by atoms with van der Waals surface area (Å²) in [6, 6.07) is 0.245. The summed E-state index contributed by atoms with van der Waals surface area (Å²) in [5, 5.41) is 9.14. The van der Waals surface area contributed by atoms with Crippen molar-refractivity contribution in [3.8, 4) is 0 Å². The molecule has 3 heterocycles. The fourth-order valence-electron chi connectivity index (χ4n) is 5.95. The molecule has 0 bridgehead atoms. The first-order chi connectivity index (χ1) is 13.7. The van der Waals surface area contributed by atoms with Crippen LogP contribution in [0.1, 0.15) is 57.2 Å². The first kappa shape index (κ1) is 19.0. The van der Waals surface area contributed by atoms with Gasteiger partial charge in [0.05, 0.1) is 0 Å². The van der Waals surface area contributed by atoms with E-state index in [1.54, 1.807) is 0 Å². The summed E-state index contributed by atoms with van der Waals surface area (Å²) in [5.41, 5.74) is 0.432. The number of aliphatic carboxylic acids is 1. The number of carboxylic acids is 1. The highest BCUT2D eigenvalue weighted by atomic mass is 19.3. The normalized spacial score (nSPS) is 34.8. The third-order valence-electron chi connectivity index (χ3n) is 7.78. The molecule has 0 radical (unpaired) electrons.